The molecule has 0 saturated carbocycles. The third-order valence-electron chi connectivity index (χ3n) is 3.95. The lowest BCUT2D eigenvalue weighted by Gasteiger charge is -2.29. The van der Waals surface area contributed by atoms with Crippen molar-refractivity contribution in [2.24, 2.45) is 5.92 Å². The molecule has 0 atom stereocenters. The summed E-state index contributed by atoms with van der Waals surface area (Å²) in [6, 6.07) is 7.60. The first kappa shape index (κ1) is 17.1. The van der Waals surface area contributed by atoms with Crippen LogP contribution in [0.1, 0.15) is 25.3 Å². The fraction of sp³-hybridized carbons (Fsp3) is 0.444. The van der Waals surface area contributed by atoms with Crippen molar-refractivity contribution in [3.05, 3.63) is 35.9 Å². The standard InChI is InChI=1S/C18H23NO4/c1-3-23-16-7-4-14(5-8-16)6-9-17(20)19-12-10-15(11-13-19)18(21)22-2/h4-9,15H,3,10-13H2,1-2H3/b9-6+. The predicted molar refractivity (Wildman–Crippen MR) is 88.0 cm³/mol. The summed E-state index contributed by atoms with van der Waals surface area (Å²) in [5, 5.41) is 0. The monoisotopic (exact) mass is 317 g/mol. The maximum Gasteiger partial charge on any atom is 0.308 e. The van der Waals surface area contributed by atoms with Gasteiger partial charge in [-0.05, 0) is 43.5 Å². The minimum absolute atomic E-state index is 0.0257. The summed E-state index contributed by atoms with van der Waals surface area (Å²) in [6.07, 6.45) is 4.70. The molecule has 1 fully saturated rings. The molecule has 1 saturated heterocycles. The van der Waals surface area contributed by atoms with Crippen molar-refractivity contribution in [3.8, 4) is 5.75 Å². The molecule has 0 aromatic heterocycles. The first-order valence-electron chi connectivity index (χ1n) is 7.91. The van der Waals surface area contributed by atoms with Gasteiger partial charge in [0.15, 0.2) is 0 Å². The zero-order valence-corrected chi connectivity index (χ0v) is 13.7. The van der Waals surface area contributed by atoms with E-state index in [4.69, 9.17) is 9.47 Å². The van der Waals surface area contributed by atoms with Crippen LogP contribution in [0.2, 0.25) is 0 Å². The van der Waals surface area contributed by atoms with Crippen LogP contribution in [0.15, 0.2) is 30.3 Å². The Labute approximate surface area is 136 Å². The molecule has 1 heterocycles. The number of amides is 1. The van der Waals surface area contributed by atoms with Gasteiger partial charge in [-0.25, -0.2) is 0 Å². The number of rotatable bonds is 5. The van der Waals surface area contributed by atoms with Crippen LogP contribution in [0.25, 0.3) is 6.08 Å². The van der Waals surface area contributed by atoms with Crippen LogP contribution in [0.4, 0.5) is 0 Å². The van der Waals surface area contributed by atoms with Gasteiger partial charge < -0.3 is 14.4 Å². The highest BCUT2D eigenvalue weighted by Gasteiger charge is 2.26. The average molecular weight is 317 g/mol. The molecule has 5 nitrogen and oxygen atoms in total. The number of hydrogen-bond acceptors (Lipinski definition) is 4. The highest BCUT2D eigenvalue weighted by atomic mass is 16.5. The van der Waals surface area contributed by atoms with Crippen LogP contribution in [-0.2, 0) is 14.3 Å². The molecular formula is C18H23NO4. The van der Waals surface area contributed by atoms with Crippen molar-refractivity contribution in [3.63, 3.8) is 0 Å². The van der Waals surface area contributed by atoms with Gasteiger partial charge in [-0.3, -0.25) is 9.59 Å². The molecule has 5 heteroatoms. The first-order chi connectivity index (χ1) is 11.1. The number of methoxy groups -OCH3 is 1. The van der Waals surface area contributed by atoms with E-state index in [9.17, 15) is 9.59 Å². The number of benzene rings is 1. The third-order valence-corrected chi connectivity index (χ3v) is 3.95. The van der Waals surface area contributed by atoms with Crippen molar-refractivity contribution in [2.45, 2.75) is 19.8 Å². The number of carbonyl (C=O) groups is 2. The van der Waals surface area contributed by atoms with Gasteiger partial charge in [-0.1, -0.05) is 12.1 Å². The van der Waals surface area contributed by atoms with E-state index in [-0.39, 0.29) is 17.8 Å². The molecule has 0 spiro atoms. The van der Waals surface area contributed by atoms with Gasteiger partial charge in [0.2, 0.25) is 5.91 Å². The number of likely N-dealkylation sites (tertiary alicyclic amines) is 1. The van der Waals surface area contributed by atoms with E-state index in [0.29, 0.717) is 32.5 Å². The van der Waals surface area contributed by atoms with Crippen LogP contribution >= 0.6 is 0 Å². The second-order valence-electron chi connectivity index (χ2n) is 5.46. The van der Waals surface area contributed by atoms with Crippen molar-refractivity contribution in [1.82, 2.24) is 4.90 Å². The summed E-state index contributed by atoms with van der Waals surface area (Å²) in [7, 11) is 1.40. The summed E-state index contributed by atoms with van der Waals surface area (Å²) < 4.78 is 10.1. The number of hydrogen-bond donors (Lipinski definition) is 0. The minimum Gasteiger partial charge on any atom is -0.494 e. The van der Waals surface area contributed by atoms with E-state index in [1.807, 2.05) is 31.2 Å². The van der Waals surface area contributed by atoms with Crippen molar-refractivity contribution in [2.75, 3.05) is 26.8 Å². The second-order valence-corrected chi connectivity index (χ2v) is 5.46. The molecular weight excluding hydrogens is 294 g/mol. The van der Waals surface area contributed by atoms with Gasteiger partial charge in [0.1, 0.15) is 5.75 Å². The number of esters is 1. The molecule has 1 aliphatic heterocycles. The zero-order chi connectivity index (χ0) is 16.7. The number of carbonyl (C=O) groups excluding carboxylic acids is 2. The Hall–Kier alpha value is -2.30. The minimum atomic E-state index is -0.179. The molecule has 1 aliphatic rings. The summed E-state index contributed by atoms with van der Waals surface area (Å²) in [4.78, 5) is 25.4. The molecule has 1 amide bonds. The molecule has 0 bridgehead atoms. The van der Waals surface area contributed by atoms with E-state index in [0.717, 1.165) is 11.3 Å². The lowest BCUT2D eigenvalue weighted by molar-refractivity contribution is -0.148. The molecule has 0 aliphatic carbocycles. The van der Waals surface area contributed by atoms with Gasteiger partial charge in [0, 0.05) is 19.2 Å². The van der Waals surface area contributed by atoms with Gasteiger partial charge in [0.05, 0.1) is 19.6 Å². The maximum atomic E-state index is 12.2. The van der Waals surface area contributed by atoms with E-state index in [1.165, 1.54) is 7.11 Å². The number of nitrogens with zero attached hydrogens (tertiary/aromatic N) is 1. The SMILES string of the molecule is CCOc1ccc(/C=C/C(=O)N2CCC(C(=O)OC)CC2)cc1. The Balaban J connectivity index is 1.86. The molecule has 124 valence electrons. The zero-order valence-electron chi connectivity index (χ0n) is 13.7. The molecule has 0 unspecified atom stereocenters. The average Bonchev–Trinajstić information content (AvgIpc) is 2.60. The smallest absolute Gasteiger partial charge is 0.308 e. The maximum absolute atomic E-state index is 12.2. The van der Waals surface area contributed by atoms with Crippen LogP contribution in [0, 0.1) is 5.92 Å². The topological polar surface area (TPSA) is 55.8 Å². The summed E-state index contributed by atoms with van der Waals surface area (Å²) in [6.45, 7) is 3.75. The first-order valence-corrected chi connectivity index (χ1v) is 7.91. The Kier molecular flexibility index (Phi) is 6.20. The highest BCUT2D eigenvalue weighted by molar-refractivity contribution is 5.92. The van der Waals surface area contributed by atoms with E-state index in [2.05, 4.69) is 0 Å². The molecule has 1 aromatic carbocycles. The van der Waals surface area contributed by atoms with Gasteiger partial charge in [-0.2, -0.15) is 0 Å². The van der Waals surface area contributed by atoms with E-state index in [1.54, 1.807) is 17.1 Å². The van der Waals surface area contributed by atoms with Crippen LogP contribution < -0.4 is 4.74 Å². The summed E-state index contributed by atoms with van der Waals surface area (Å²) in [5.41, 5.74) is 0.950. The second kappa shape index (κ2) is 8.36. The molecule has 23 heavy (non-hydrogen) atoms. The quantitative estimate of drug-likeness (QED) is 0.618. The third kappa shape index (κ3) is 4.84. The van der Waals surface area contributed by atoms with E-state index < -0.39 is 0 Å². The van der Waals surface area contributed by atoms with Crippen LogP contribution in [0.3, 0.4) is 0 Å². The molecule has 2 rings (SSSR count). The Morgan fingerprint density at radius 3 is 2.43 bits per heavy atom. The van der Waals surface area contributed by atoms with Gasteiger partial charge in [-0.15, -0.1) is 0 Å². The normalized spacial score (nSPS) is 15.7. The summed E-state index contributed by atoms with van der Waals surface area (Å²) in [5.74, 6) is 0.532. The number of ether oxygens (including phenoxy) is 2. The predicted octanol–water partition coefficient (Wildman–Crippen LogP) is 2.51. The summed E-state index contributed by atoms with van der Waals surface area (Å²) >= 11 is 0. The van der Waals surface area contributed by atoms with Gasteiger partial charge in [0.25, 0.3) is 0 Å². The molecule has 1 aromatic rings. The van der Waals surface area contributed by atoms with Crippen LogP contribution in [0.5, 0.6) is 5.75 Å². The van der Waals surface area contributed by atoms with Crippen molar-refractivity contribution < 1.29 is 19.1 Å². The highest BCUT2D eigenvalue weighted by Crippen LogP contribution is 2.19. The van der Waals surface area contributed by atoms with E-state index >= 15 is 0 Å². The fourth-order valence-electron chi connectivity index (χ4n) is 2.62. The van der Waals surface area contributed by atoms with Gasteiger partial charge >= 0.3 is 5.97 Å². The Morgan fingerprint density at radius 2 is 1.87 bits per heavy atom. The van der Waals surface area contributed by atoms with Crippen molar-refractivity contribution in [1.29, 1.82) is 0 Å². The Morgan fingerprint density at radius 1 is 1.22 bits per heavy atom. The number of piperidine rings is 1. The molecule has 0 radical (unpaired) electrons. The largest absolute Gasteiger partial charge is 0.494 e. The van der Waals surface area contributed by atoms with Crippen LogP contribution in [-0.4, -0.2) is 43.6 Å². The molecule has 0 N–H and O–H groups in total. The fourth-order valence-corrected chi connectivity index (χ4v) is 2.62. The lowest BCUT2D eigenvalue weighted by atomic mass is 9.97. The lowest BCUT2D eigenvalue weighted by Crippen LogP contribution is -2.39. The Bertz CT molecular complexity index is 557. The van der Waals surface area contributed by atoms with Crippen molar-refractivity contribution >= 4 is 18.0 Å².